The van der Waals surface area contributed by atoms with Gasteiger partial charge in [0.05, 0.1) is 23.3 Å². The lowest BCUT2D eigenvalue weighted by Crippen LogP contribution is -2.50. The van der Waals surface area contributed by atoms with E-state index in [4.69, 9.17) is 4.74 Å². The zero-order valence-electron chi connectivity index (χ0n) is 18.0. The molecule has 0 aromatic heterocycles. The highest BCUT2D eigenvalue weighted by Crippen LogP contribution is 2.25. The predicted octanol–water partition coefficient (Wildman–Crippen LogP) is 3.42. The van der Waals surface area contributed by atoms with Crippen molar-refractivity contribution in [3.05, 3.63) is 66.0 Å². The van der Waals surface area contributed by atoms with Crippen LogP contribution in [0.25, 0.3) is 0 Å². The number of hydrogen-bond donors (Lipinski definition) is 1. The predicted molar refractivity (Wildman–Crippen MR) is 120 cm³/mol. The number of sulfone groups is 1. The van der Waals surface area contributed by atoms with E-state index in [0.717, 1.165) is 11.5 Å². The lowest BCUT2D eigenvalue weighted by molar-refractivity contribution is -0.0605. The SMILES string of the molecule is CCNC(=NCCCS(=O)(=O)c1ccccc1)N1CC(C)OC(c2ccc(F)cc2)C1. The highest BCUT2D eigenvalue weighted by molar-refractivity contribution is 7.91. The topological polar surface area (TPSA) is 71.0 Å². The van der Waals surface area contributed by atoms with Crippen LogP contribution in [-0.4, -0.2) is 57.3 Å². The Hall–Kier alpha value is -2.45. The summed E-state index contributed by atoms with van der Waals surface area (Å²) in [5.74, 6) is 0.518. The van der Waals surface area contributed by atoms with Crippen molar-refractivity contribution >= 4 is 15.8 Å². The summed E-state index contributed by atoms with van der Waals surface area (Å²) in [5.41, 5.74) is 0.919. The number of ether oxygens (including phenoxy) is 1. The Morgan fingerprint density at radius 3 is 2.55 bits per heavy atom. The molecule has 31 heavy (non-hydrogen) atoms. The molecule has 1 fully saturated rings. The largest absolute Gasteiger partial charge is 0.367 e. The van der Waals surface area contributed by atoms with E-state index in [1.807, 2.05) is 13.8 Å². The summed E-state index contributed by atoms with van der Waals surface area (Å²) in [4.78, 5) is 7.13. The molecule has 1 N–H and O–H groups in total. The fraction of sp³-hybridized carbons (Fsp3) is 0.435. The Labute approximate surface area is 184 Å². The van der Waals surface area contributed by atoms with Gasteiger partial charge in [-0.2, -0.15) is 0 Å². The fourth-order valence-corrected chi connectivity index (χ4v) is 4.91. The third kappa shape index (κ3) is 6.51. The quantitative estimate of drug-likeness (QED) is 0.400. The maximum atomic E-state index is 13.3. The molecular weight excluding hydrogens is 417 g/mol. The van der Waals surface area contributed by atoms with Crippen molar-refractivity contribution in [2.45, 2.75) is 37.4 Å². The molecule has 0 spiro atoms. The average Bonchev–Trinajstić information content (AvgIpc) is 2.76. The summed E-state index contributed by atoms with van der Waals surface area (Å²) in [6, 6.07) is 14.9. The van der Waals surface area contributed by atoms with E-state index in [0.29, 0.717) is 37.5 Å². The van der Waals surface area contributed by atoms with Crippen LogP contribution in [0.2, 0.25) is 0 Å². The Balaban J connectivity index is 1.64. The van der Waals surface area contributed by atoms with E-state index in [9.17, 15) is 12.8 Å². The summed E-state index contributed by atoms with van der Waals surface area (Å²) in [6.45, 7) is 6.36. The number of halogens is 1. The van der Waals surface area contributed by atoms with Crippen LogP contribution in [-0.2, 0) is 14.6 Å². The number of guanidine groups is 1. The highest BCUT2D eigenvalue weighted by Gasteiger charge is 2.28. The third-order valence-corrected chi connectivity index (χ3v) is 6.89. The molecule has 8 heteroatoms. The van der Waals surface area contributed by atoms with Crippen LogP contribution in [0.3, 0.4) is 0 Å². The van der Waals surface area contributed by atoms with Crippen LogP contribution in [0.4, 0.5) is 4.39 Å². The summed E-state index contributed by atoms with van der Waals surface area (Å²) in [7, 11) is -3.31. The van der Waals surface area contributed by atoms with Crippen LogP contribution in [0, 0.1) is 5.82 Å². The van der Waals surface area contributed by atoms with Gasteiger partial charge in [-0.1, -0.05) is 30.3 Å². The second-order valence-electron chi connectivity index (χ2n) is 7.61. The summed E-state index contributed by atoms with van der Waals surface area (Å²) in [6.07, 6.45) is 0.228. The molecule has 1 aliphatic heterocycles. The molecule has 0 saturated carbocycles. The zero-order valence-corrected chi connectivity index (χ0v) is 18.8. The zero-order chi connectivity index (χ0) is 22.3. The van der Waals surface area contributed by atoms with Gasteiger partial charge in [0.1, 0.15) is 11.9 Å². The Kier molecular flexibility index (Phi) is 8.03. The average molecular weight is 448 g/mol. The number of hydrogen-bond acceptors (Lipinski definition) is 4. The van der Waals surface area contributed by atoms with Crippen LogP contribution < -0.4 is 5.32 Å². The smallest absolute Gasteiger partial charge is 0.194 e. The van der Waals surface area contributed by atoms with Gasteiger partial charge in [-0.05, 0) is 50.1 Å². The van der Waals surface area contributed by atoms with Crippen molar-refractivity contribution in [1.82, 2.24) is 10.2 Å². The number of nitrogens with zero attached hydrogens (tertiary/aromatic N) is 2. The first kappa shape index (κ1) is 23.2. The van der Waals surface area contributed by atoms with Crippen LogP contribution in [0.5, 0.6) is 0 Å². The van der Waals surface area contributed by atoms with Gasteiger partial charge in [0.15, 0.2) is 15.8 Å². The molecule has 1 saturated heterocycles. The molecule has 1 aliphatic rings. The molecular formula is C23H30FN3O3S. The van der Waals surface area contributed by atoms with Crippen molar-refractivity contribution in [2.75, 3.05) is 31.9 Å². The Morgan fingerprint density at radius 2 is 1.87 bits per heavy atom. The van der Waals surface area contributed by atoms with Gasteiger partial charge in [0.25, 0.3) is 0 Å². The molecule has 2 atom stereocenters. The van der Waals surface area contributed by atoms with E-state index in [2.05, 4.69) is 15.2 Å². The minimum atomic E-state index is -3.31. The Morgan fingerprint density at radius 1 is 1.16 bits per heavy atom. The van der Waals surface area contributed by atoms with Gasteiger partial charge >= 0.3 is 0 Å². The van der Waals surface area contributed by atoms with E-state index < -0.39 is 9.84 Å². The monoisotopic (exact) mass is 447 g/mol. The standard InChI is InChI=1S/C23H30FN3O3S/c1-3-25-23(26-14-7-15-31(28,29)21-8-5-4-6-9-21)27-16-18(2)30-22(17-27)19-10-12-20(24)13-11-19/h4-6,8-13,18,22H,3,7,14-17H2,1-2H3,(H,25,26). The van der Waals surface area contributed by atoms with Gasteiger partial charge in [-0.15, -0.1) is 0 Å². The van der Waals surface area contributed by atoms with Gasteiger partial charge in [0, 0.05) is 19.6 Å². The van der Waals surface area contributed by atoms with Crippen molar-refractivity contribution in [1.29, 1.82) is 0 Å². The number of benzene rings is 2. The van der Waals surface area contributed by atoms with Crippen molar-refractivity contribution < 1.29 is 17.5 Å². The molecule has 3 rings (SSSR count). The first-order chi connectivity index (χ1) is 14.9. The number of rotatable bonds is 7. The van der Waals surface area contributed by atoms with Gasteiger partial charge in [0.2, 0.25) is 0 Å². The molecule has 6 nitrogen and oxygen atoms in total. The lowest BCUT2D eigenvalue weighted by atomic mass is 10.1. The fourth-order valence-electron chi connectivity index (χ4n) is 3.60. The summed E-state index contributed by atoms with van der Waals surface area (Å²) >= 11 is 0. The summed E-state index contributed by atoms with van der Waals surface area (Å²) < 4.78 is 44.2. The van der Waals surface area contributed by atoms with E-state index in [1.165, 1.54) is 12.1 Å². The minimum Gasteiger partial charge on any atom is -0.367 e. The molecule has 0 amide bonds. The van der Waals surface area contributed by atoms with Crippen molar-refractivity contribution in [3.8, 4) is 0 Å². The normalized spacial score (nSPS) is 20.0. The number of morpholine rings is 1. The first-order valence-electron chi connectivity index (χ1n) is 10.6. The molecule has 0 aliphatic carbocycles. The summed E-state index contributed by atoms with van der Waals surface area (Å²) in [5, 5.41) is 3.29. The molecule has 2 aromatic carbocycles. The molecule has 2 unspecified atom stereocenters. The lowest BCUT2D eigenvalue weighted by Gasteiger charge is -2.38. The minimum absolute atomic E-state index is 0.0221. The molecule has 0 radical (unpaired) electrons. The Bertz CT molecular complexity index is 965. The number of aliphatic imine (C=N–C) groups is 1. The van der Waals surface area contributed by atoms with E-state index >= 15 is 0 Å². The second-order valence-corrected chi connectivity index (χ2v) is 9.72. The maximum absolute atomic E-state index is 13.3. The van der Waals surface area contributed by atoms with Crippen molar-refractivity contribution in [3.63, 3.8) is 0 Å². The van der Waals surface area contributed by atoms with Crippen LogP contribution in [0.1, 0.15) is 31.9 Å². The van der Waals surface area contributed by atoms with Gasteiger partial charge < -0.3 is 15.0 Å². The van der Waals surface area contributed by atoms with Crippen LogP contribution >= 0.6 is 0 Å². The molecule has 1 heterocycles. The molecule has 2 aromatic rings. The second kappa shape index (κ2) is 10.7. The molecule has 0 bridgehead atoms. The number of nitrogens with one attached hydrogen (secondary N) is 1. The van der Waals surface area contributed by atoms with Gasteiger partial charge in [-0.25, -0.2) is 12.8 Å². The van der Waals surface area contributed by atoms with E-state index in [1.54, 1.807) is 42.5 Å². The first-order valence-corrected chi connectivity index (χ1v) is 12.3. The third-order valence-electron chi connectivity index (χ3n) is 5.07. The highest BCUT2D eigenvalue weighted by atomic mass is 32.2. The van der Waals surface area contributed by atoms with Crippen molar-refractivity contribution in [2.24, 2.45) is 4.99 Å². The maximum Gasteiger partial charge on any atom is 0.194 e. The van der Waals surface area contributed by atoms with E-state index in [-0.39, 0.29) is 23.8 Å². The molecule has 168 valence electrons. The van der Waals surface area contributed by atoms with Crippen LogP contribution in [0.15, 0.2) is 64.5 Å². The van der Waals surface area contributed by atoms with Gasteiger partial charge in [-0.3, -0.25) is 4.99 Å².